The van der Waals surface area contributed by atoms with Crippen LogP contribution in [0.15, 0.2) is 59.1 Å². The van der Waals surface area contributed by atoms with Crippen LogP contribution >= 0.6 is 15.9 Å². The van der Waals surface area contributed by atoms with Crippen molar-refractivity contribution in [1.29, 1.82) is 0 Å². The molecule has 0 fully saturated rings. The number of aryl methyl sites for hydroxylation is 1. The van der Waals surface area contributed by atoms with Crippen molar-refractivity contribution < 1.29 is 9.53 Å². The molecule has 0 atom stereocenters. The van der Waals surface area contributed by atoms with Crippen LogP contribution in [0.3, 0.4) is 0 Å². The number of benzene rings is 2. The van der Waals surface area contributed by atoms with Gasteiger partial charge in [-0.15, -0.1) is 0 Å². The third kappa shape index (κ3) is 4.32. The van der Waals surface area contributed by atoms with Crippen molar-refractivity contribution in [3.63, 3.8) is 0 Å². The van der Waals surface area contributed by atoms with Gasteiger partial charge in [-0.05, 0) is 44.2 Å². The number of hydrogen-bond donors (Lipinski definition) is 1. The Bertz CT molecular complexity index is 907. The fourth-order valence-corrected chi connectivity index (χ4v) is 3.07. The minimum absolute atomic E-state index is 0.0264. The molecule has 2 aromatic carbocycles. The van der Waals surface area contributed by atoms with Crippen LogP contribution in [0.4, 0.5) is 0 Å². The molecule has 0 unspecified atom stereocenters. The van der Waals surface area contributed by atoms with E-state index in [9.17, 15) is 4.79 Å². The third-order valence-electron chi connectivity index (χ3n) is 4.07. The molecule has 0 aliphatic heterocycles. The van der Waals surface area contributed by atoms with Gasteiger partial charge in [0.25, 0.3) is 5.91 Å². The van der Waals surface area contributed by atoms with Gasteiger partial charge in [0.05, 0.1) is 11.4 Å². The zero-order valence-corrected chi connectivity index (χ0v) is 16.3. The van der Waals surface area contributed by atoms with E-state index in [4.69, 9.17) is 4.74 Å². The molecule has 0 aliphatic rings. The van der Waals surface area contributed by atoms with Gasteiger partial charge >= 0.3 is 0 Å². The van der Waals surface area contributed by atoms with Gasteiger partial charge in [0.15, 0.2) is 6.61 Å². The van der Waals surface area contributed by atoms with E-state index in [2.05, 4.69) is 26.3 Å². The lowest BCUT2D eigenvalue weighted by Crippen LogP contribution is -2.28. The van der Waals surface area contributed by atoms with Gasteiger partial charge in [0.2, 0.25) is 0 Å². The summed E-state index contributed by atoms with van der Waals surface area (Å²) in [4.78, 5) is 12.1. The molecule has 5 nitrogen and oxygen atoms in total. The number of nitrogens with one attached hydrogen (secondary N) is 1. The average molecular weight is 414 g/mol. The topological polar surface area (TPSA) is 56.2 Å². The van der Waals surface area contributed by atoms with Crippen LogP contribution in [-0.2, 0) is 11.3 Å². The molecule has 0 saturated heterocycles. The second-order valence-electron chi connectivity index (χ2n) is 5.92. The van der Waals surface area contributed by atoms with E-state index >= 15 is 0 Å². The maximum Gasteiger partial charge on any atom is 0.258 e. The predicted molar refractivity (Wildman–Crippen MR) is 105 cm³/mol. The smallest absolute Gasteiger partial charge is 0.258 e. The maximum atomic E-state index is 12.1. The van der Waals surface area contributed by atoms with E-state index in [1.165, 1.54) is 0 Å². The number of rotatable bonds is 6. The monoisotopic (exact) mass is 413 g/mol. The van der Waals surface area contributed by atoms with Gasteiger partial charge in [0.1, 0.15) is 5.75 Å². The average Bonchev–Trinajstić information content (AvgIpc) is 2.93. The highest BCUT2D eigenvalue weighted by atomic mass is 79.9. The van der Waals surface area contributed by atoms with Crippen LogP contribution in [0.25, 0.3) is 5.69 Å². The van der Waals surface area contributed by atoms with Crippen molar-refractivity contribution in [3.05, 3.63) is 76.0 Å². The second kappa shape index (κ2) is 8.19. The Hall–Kier alpha value is -2.60. The molecule has 1 N–H and O–H groups in total. The first-order valence-electron chi connectivity index (χ1n) is 8.30. The van der Waals surface area contributed by atoms with Gasteiger partial charge in [-0.3, -0.25) is 4.79 Å². The minimum Gasteiger partial charge on any atom is -0.484 e. The molecule has 3 aromatic rings. The number of para-hydroxylation sites is 1. The first-order valence-corrected chi connectivity index (χ1v) is 9.09. The van der Waals surface area contributed by atoms with Gasteiger partial charge in [0, 0.05) is 22.3 Å². The van der Waals surface area contributed by atoms with Crippen LogP contribution < -0.4 is 10.1 Å². The summed E-state index contributed by atoms with van der Waals surface area (Å²) in [5.74, 6) is 0.481. The molecule has 0 bridgehead atoms. The van der Waals surface area contributed by atoms with Crippen molar-refractivity contribution in [3.8, 4) is 11.4 Å². The summed E-state index contributed by atoms with van der Waals surface area (Å²) < 4.78 is 8.32. The maximum absolute atomic E-state index is 12.1. The lowest BCUT2D eigenvalue weighted by Gasteiger charge is -2.09. The van der Waals surface area contributed by atoms with Gasteiger partial charge < -0.3 is 10.1 Å². The van der Waals surface area contributed by atoms with E-state index < -0.39 is 0 Å². The Morgan fingerprint density at radius 2 is 1.92 bits per heavy atom. The second-order valence-corrected chi connectivity index (χ2v) is 6.84. The van der Waals surface area contributed by atoms with Crippen LogP contribution in [-0.4, -0.2) is 22.3 Å². The van der Waals surface area contributed by atoms with Crippen LogP contribution in [0.5, 0.6) is 5.75 Å². The molecule has 0 aliphatic carbocycles. The Kier molecular flexibility index (Phi) is 5.73. The van der Waals surface area contributed by atoms with Crippen molar-refractivity contribution >= 4 is 21.8 Å². The van der Waals surface area contributed by atoms with Crippen molar-refractivity contribution in [1.82, 2.24) is 15.1 Å². The molecule has 6 heteroatoms. The number of carbonyl (C=O) groups is 1. The summed E-state index contributed by atoms with van der Waals surface area (Å²) >= 11 is 3.38. The molecule has 1 amide bonds. The summed E-state index contributed by atoms with van der Waals surface area (Å²) in [7, 11) is 0. The third-order valence-corrected chi connectivity index (χ3v) is 4.56. The standard InChI is InChI=1S/C20H20BrN3O2/c1-14-19(15(2)24(23-14)17-8-4-3-5-9-17)12-22-20(25)13-26-18-10-6-7-16(21)11-18/h3-11H,12-13H2,1-2H3,(H,22,25). The SMILES string of the molecule is Cc1nn(-c2ccccc2)c(C)c1CNC(=O)COc1cccc(Br)c1. The van der Waals surface area contributed by atoms with Crippen molar-refractivity contribution in [2.45, 2.75) is 20.4 Å². The summed E-state index contributed by atoms with van der Waals surface area (Å²) in [6, 6.07) is 17.4. The summed E-state index contributed by atoms with van der Waals surface area (Å²) in [6.07, 6.45) is 0. The summed E-state index contributed by atoms with van der Waals surface area (Å²) in [5.41, 5.74) is 3.94. The molecule has 134 valence electrons. The first-order chi connectivity index (χ1) is 12.5. The predicted octanol–water partition coefficient (Wildman–Crippen LogP) is 3.95. The van der Waals surface area contributed by atoms with E-state index in [1.54, 1.807) is 0 Å². The first kappa shape index (κ1) is 18.2. The largest absolute Gasteiger partial charge is 0.484 e. The zero-order chi connectivity index (χ0) is 18.5. The summed E-state index contributed by atoms with van der Waals surface area (Å²) in [5, 5.41) is 7.49. The Balaban J connectivity index is 1.61. The number of amides is 1. The minimum atomic E-state index is -0.170. The normalized spacial score (nSPS) is 10.6. The highest BCUT2D eigenvalue weighted by Gasteiger charge is 2.13. The van der Waals surface area contributed by atoms with E-state index in [0.717, 1.165) is 27.1 Å². The lowest BCUT2D eigenvalue weighted by atomic mass is 10.2. The Morgan fingerprint density at radius 1 is 1.15 bits per heavy atom. The van der Waals surface area contributed by atoms with E-state index in [-0.39, 0.29) is 12.5 Å². The molecule has 0 saturated carbocycles. The molecule has 0 radical (unpaired) electrons. The van der Waals surface area contributed by atoms with Crippen molar-refractivity contribution in [2.75, 3.05) is 6.61 Å². The zero-order valence-electron chi connectivity index (χ0n) is 14.7. The van der Waals surface area contributed by atoms with Gasteiger partial charge in [-0.1, -0.05) is 40.2 Å². The number of aromatic nitrogens is 2. The molecular weight excluding hydrogens is 394 g/mol. The lowest BCUT2D eigenvalue weighted by molar-refractivity contribution is -0.123. The molecule has 26 heavy (non-hydrogen) atoms. The number of carbonyl (C=O) groups excluding carboxylic acids is 1. The fourth-order valence-electron chi connectivity index (χ4n) is 2.70. The van der Waals surface area contributed by atoms with Crippen LogP contribution in [0.2, 0.25) is 0 Å². The Morgan fingerprint density at radius 3 is 2.65 bits per heavy atom. The quantitative estimate of drug-likeness (QED) is 0.665. The molecular formula is C20H20BrN3O2. The molecule has 3 rings (SSSR count). The van der Waals surface area contributed by atoms with E-state index in [1.807, 2.05) is 73.1 Å². The number of halogens is 1. The van der Waals surface area contributed by atoms with Gasteiger partial charge in [-0.25, -0.2) is 4.68 Å². The fraction of sp³-hybridized carbons (Fsp3) is 0.200. The number of hydrogen-bond acceptors (Lipinski definition) is 3. The van der Waals surface area contributed by atoms with Gasteiger partial charge in [-0.2, -0.15) is 5.10 Å². The molecule has 1 aromatic heterocycles. The Labute approximate surface area is 161 Å². The summed E-state index contributed by atoms with van der Waals surface area (Å²) in [6.45, 7) is 4.35. The number of nitrogens with zero attached hydrogens (tertiary/aromatic N) is 2. The van der Waals surface area contributed by atoms with Crippen molar-refractivity contribution in [2.24, 2.45) is 0 Å². The molecule has 0 spiro atoms. The molecule has 1 heterocycles. The van der Waals surface area contributed by atoms with E-state index in [0.29, 0.717) is 12.3 Å². The van der Waals surface area contributed by atoms with Crippen LogP contribution in [0.1, 0.15) is 17.0 Å². The highest BCUT2D eigenvalue weighted by molar-refractivity contribution is 9.10. The number of ether oxygens (including phenoxy) is 1. The van der Waals surface area contributed by atoms with Crippen LogP contribution in [0, 0.1) is 13.8 Å². The highest BCUT2D eigenvalue weighted by Crippen LogP contribution is 2.18.